The van der Waals surface area contributed by atoms with E-state index in [0.717, 1.165) is 22.5 Å². The number of amides is 2. The van der Waals surface area contributed by atoms with Crippen molar-refractivity contribution in [1.82, 2.24) is 15.2 Å². The number of aryl methyl sites for hydroxylation is 2. The van der Waals surface area contributed by atoms with Gasteiger partial charge in [0.25, 0.3) is 0 Å². The van der Waals surface area contributed by atoms with Gasteiger partial charge in [-0.2, -0.15) is 0 Å². The number of aromatic nitrogens is 1. The fraction of sp³-hybridized carbons (Fsp3) is 0.333. The van der Waals surface area contributed by atoms with E-state index in [4.69, 9.17) is 4.42 Å². The first-order valence-corrected chi connectivity index (χ1v) is 9.17. The van der Waals surface area contributed by atoms with E-state index in [1.807, 2.05) is 18.2 Å². The zero-order valence-electron chi connectivity index (χ0n) is 15.5. The lowest BCUT2D eigenvalue weighted by Crippen LogP contribution is -2.32. The summed E-state index contributed by atoms with van der Waals surface area (Å²) in [5, 5.41) is 4.16. The molecule has 1 saturated heterocycles. The van der Waals surface area contributed by atoms with Gasteiger partial charge in [-0.3, -0.25) is 9.59 Å². The Labute approximate surface area is 157 Å². The van der Waals surface area contributed by atoms with E-state index in [9.17, 15) is 9.59 Å². The molecule has 3 aromatic rings. The molecule has 4 rings (SSSR count). The molecule has 1 aromatic carbocycles. The van der Waals surface area contributed by atoms with Crippen molar-refractivity contribution in [1.29, 1.82) is 0 Å². The van der Waals surface area contributed by atoms with Crippen molar-refractivity contribution in [3.8, 4) is 0 Å². The van der Waals surface area contributed by atoms with Crippen LogP contribution in [-0.4, -0.2) is 28.2 Å². The van der Waals surface area contributed by atoms with Crippen LogP contribution in [0.25, 0.3) is 10.9 Å². The lowest BCUT2D eigenvalue weighted by Gasteiger charge is -2.15. The monoisotopic (exact) mass is 365 g/mol. The van der Waals surface area contributed by atoms with Crippen LogP contribution in [0.1, 0.15) is 29.0 Å². The smallest absolute Gasteiger partial charge is 0.225 e. The van der Waals surface area contributed by atoms with Gasteiger partial charge in [0.1, 0.15) is 5.76 Å². The zero-order valence-corrected chi connectivity index (χ0v) is 15.5. The molecule has 1 aliphatic rings. The highest BCUT2D eigenvalue weighted by atomic mass is 16.3. The fourth-order valence-electron chi connectivity index (χ4n) is 3.64. The SMILES string of the molecule is Cc1[nH]c2ccc(CNC(=O)[C@@H]3CC(=O)N(Cc4ccco4)C3)cc2c1C. The quantitative estimate of drug-likeness (QED) is 0.729. The number of rotatable bonds is 5. The second kappa shape index (κ2) is 6.95. The maximum Gasteiger partial charge on any atom is 0.225 e. The topological polar surface area (TPSA) is 78.3 Å². The van der Waals surface area contributed by atoms with Gasteiger partial charge in [0.05, 0.1) is 18.7 Å². The van der Waals surface area contributed by atoms with Crippen LogP contribution in [0.3, 0.4) is 0 Å². The second-order valence-corrected chi connectivity index (χ2v) is 7.23. The molecule has 3 heterocycles. The van der Waals surface area contributed by atoms with Crippen molar-refractivity contribution >= 4 is 22.7 Å². The minimum absolute atomic E-state index is 0.00797. The second-order valence-electron chi connectivity index (χ2n) is 7.23. The van der Waals surface area contributed by atoms with Gasteiger partial charge in [-0.25, -0.2) is 0 Å². The van der Waals surface area contributed by atoms with E-state index in [1.165, 1.54) is 10.9 Å². The molecule has 0 radical (unpaired) electrons. The van der Waals surface area contributed by atoms with Crippen molar-refractivity contribution < 1.29 is 14.0 Å². The molecule has 0 saturated carbocycles. The van der Waals surface area contributed by atoms with Gasteiger partial charge in [0.15, 0.2) is 0 Å². The van der Waals surface area contributed by atoms with Gasteiger partial charge in [-0.05, 0) is 49.2 Å². The minimum Gasteiger partial charge on any atom is -0.467 e. The van der Waals surface area contributed by atoms with Crippen molar-refractivity contribution in [2.75, 3.05) is 6.54 Å². The Hall–Kier alpha value is -3.02. The lowest BCUT2D eigenvalue weighted by molar-refractivity contribution is -0.129. The maximum absolute atomic E-state index is 12.5. The van der Waals surface area contributed by atoms with Crippen molar-refractivity contribution in [2.24, 2.45) is 5.92 Å². The highest BCUT2D eigenvalue weighted by Gasteiger charge is 2.34. The Morgan fingerprint density at radius 1 is 1.33 bits per heavy atom. The summed E-state index contributed by atoms with van der Waals surface area (Å²) in [6.45, 7) is 5.46. The molecule has 0 unspecified atom stereocenters. The number of H-pyrrole nitrogens is 1. The third-order valence-electron chi connectivity index (χ3n) is 5.35. The molecule has 27 heavy (non-hydrogen) atoms. The van der Waals surface area contributed by atoms with E-state index in [1.54, 1.807) is 17.2 Å². The molecule has 0 aliphatic carbocycles. The molecule has 6 nitrogen and oxygen atoms in total. The zero-order chi connectivity index (χ0) is 19.0. The number of hydrogen-bond acceptors (Lipinski definition) is 3. The molecule has 140 valence electrons. The van der Waals surface area contributed by atoms with Gasteiger partial charge in [0.2, 0.25) is 11.8 Å². The largest absolute Gasteiger partial charge is 0.467 e. The van der Waals surface area contributed by atoms with Crippen LogP contribution >= 0.6 is 0 Å². The lowest BCUT2D eigenvalue weighted by atomic mass is 10.1. The fourth-order valence-corrected chi connectivity index (χ4v) is 3.64. The van der Waals surface area contributed by atoms with Crippen LogP contribution in [0.2, 0.25) is 0 Å². The number of furan rings is 1. The highest BCUT2D eigenvalue weighted by molar-refractivity contribution is 5.89. The number of nitrogens with one attached hydrogen (secondary N) is 2. The molecule has 0 spiro atoms. The van der Waals surface area contributed by atoms with Gasteiger partial charge in [0, 0.05) is 36.1 Å². The number of carbonyl (C=O) groups is 2. The van der Waals surface area contributed by atoms with Crippen LogP contribution < -0.4 is 5.32 Å². The number of likely N-dealkylation sites (tertiary alicyclic amines) is 1. The predicted molar refractivity (Wildman–Crippen MR) is 102 cm³/mol. The Morgan fingerprint density at radius 2 is 2.19 bits per heavy atom. The first-order chi connectivity index (χ1) is 13.0. The first-order valence-electron chi connectivity index (χ1n) is 9.17. The molecule has 1 aliphatic heterocycles. The van der Waals surface area contributed by atoms with Crippen molar-refractivity contribution in [3.63, 3.8) is 0 Å². The highest BCUT2D eigenvalue weighted by Crippen LogP contribution is 2.23. The van der Waals surface area contributed by atoms with Crippen LogP contribution in [0.4, 0.5) is 0 Å². The standard InChI is InChI=1S/C21H23N3O3/c1-13-14(2)23-19-6-5-15(8-18(13)19)10-22-21(26)16-9-20(25)24(11-16)12-17-4-3-7-27-17/h3-8,16,23H,9-12H2,1-2H3,(H,22,26)/t16-/m1/s1. The molecule has 2 amide bonds. The number of benzene rings is 1. The number of carbonyl (C=O) groups excluding carboxylic acids is 2. The number of aromatic amines is 1. The van der Waals surface area contributed by atoms with Gasteiger partial charge < -0.3 is 19.6 Å². The number of fused-ring (bicyclic) bond motifs is 1. The molecule has 2 aromatic heterocycles. The van der Waals surface area contributed by atoms with E-state index < -0.39 is 0 Å². The van der Waals surface area contributed by atoms with Crippen LogP contribution in [-0.2, 0) is 22.7 Å². The Bertz CT molecular complexity index is 988. The van der Waals surface area contributed by atoms with Crippen LogP contribution in [0, 0.1) is 19.8 Å². The molecule has 0 bridgehead atoms. The Morgan fingerprint density at radius 3 is 2.96 bits per heavy atom. The summed E-state index contributed by atoms with van der Waals surface area (Å²) in [5.74, 6) is 0.334. The van der Waals surface area contributed by atoms with Crippen LogP contribution in [0.5, 0.6) is 0 Å². The van der Waals surface area contributed by atoms with Gasteiger partial charge in [-0.15, -0.1) is 0 Å². The minimum atomic E-state index is -0.313. The van der Waals surface area contributed by atoms with E-state index in [2.05, 4.69) is 30.2 Å². The molecule has 1 atom stereocenters. The Kier molecular flexibility index (Phi) is 4.48. The van der Waals surface area contributed by atoms with E-state index >= 15 is 0 Å². The normalized spacial score (nSPS) is 17.0. The van der Waals surface area contributed by atoms with Gasteiger partial charge >= 0.3 is 0 Å². The summed E-state index contributed by atoms with van der Waals surface area (Å²) in [6.07, 6.45) is 1.84. The number of hydrogen-bond donors (Lipinski definition) is 2. The van der Waals surface area contributed by atoms with E-state index in [0.29, 0.717) is 19.6 Å². The number of nitrogens with zero attached hydrogens (tertiary/aromatic N) is 1. The Balaban J connectivity index is 1.37. The van der Waals surface area contributed by atoms with E-state index in [-0.39, 0.29) is 24.2 Å². The molecule has 2 N–H and O–H groups in total. The summed E-state index contributed by atoms with van der Waals surface area (Å²) in [7, 11) is 0. The summed E-state index contributed by atoms with van der Waals surface area (Å²) >= 11 is 0. The maximum atomic E-state index is 12.5. The molecular formula is C21H23N3O3. The molecule has 6 heteroatoms. The molecule has 1 fully saturated rings. The summed E-state index contributed by atoms with van der Waals surface area (Å²) < 4.78 is 5.29. The summed E-state index contributed by atoms with van der Waals surface area (Å²) in [4.78, 5) is 29.7. The average Bonchev–Trinajstić information content (AvgIpc) is 3.36. The van der Waals surface area contributed by atoms with Crippen molar-refractivity contribution in [3.05, 3.63) is 59.2 Å². The third-order valence-corrected chi connectivity index (χ3v) is 5.35. The first kappa shape index (κ1) is 17.4. The summed E-state index contributed by atoms with van der Waals surface area (Å²) in [5.41, 5.74) is 4.55. The average molecular weight is 365 g/mol. The molecular weight excluding hydrogens is 342 g/mol. The summed E-state index contributed by atoms with van der Waals surface area (Å²) in [6, 6.07) is 9.80. The van der Waals surface area contributed by atoms with Crippen LogP contribution in [0.15, 0.2) is 41.0 Å². The predicted octanol–water partition coefficient (Wildman–Crippen LogP) is 3.04. The third kappa shape index (κ3) is 3.47. The van der Waals surface area contributed by atoms with Crippen molar-refractivity contribution in [2.45, 2.75) is 33.4 Å². The van der Waals surface area contributed by atoms with Gasteiger partial charge in [-0.1, -0.05) is 6.07 Å².